The summed E-state index contributed by atoms with van der Waals surface area (Å²) >= 11 is 1.65. The normalized spacial score (nSPS) is 13.2. The molecule has 0 fully saturated rings. The van der Waals surface area contributed by atoms with Gasteiger partial charge in [-0.25, -0.2) is 9.37 Å². The summed E-state index contributed by atoms with van der Waals surface area (Å²) in [5.74, 6) is 0.759. The molecule has 0 spiro atoms. The van der Waals surface area contributed by atoms with E-state index in [1.54, 1.807) is 30.6 Å². The van der Waals surface area contributed by atoms with Crippen LogP contribution in [0.4, 0.5) is 4.39 Å². The Morgan fingerprint density at radius 3 is 2.86 bits per heavy atom. The molecule has 1 aliphatic heterocycles. The van der Waals surface area contributed by atoms with Gasteiger partial charge in [0.1, 0.15) is 16.6 Å². The second kappa shape index (κ2) is 8.74. The summed E-state index contributed by atoms with van der Waals surface area (Å²) in [6.07, 6.45) is 2.85. The van der Waals surface area contributed by atoms with E-state index in [-0.39, 0.29) is 11.7 Å². The number of ether oxygens (including phenoxy) is 1. The van der Waals surface area contributed by atoms with Crippen molar-refractivity contribution in [1.82, 2.24) is 9.88 Å². The van der Waals surface area contributed by atoms with Crippen LogP contribution in [0.3, 0.4) is 0 Å². The number of aryl methyl sites for hydroxylation is 1. The molecule has 1 aromatic heterocycles. The summed E-state index contributed by atoms with van der Waals surface area (Å²) in [5.41, 5.74) is 3.20. The topological polar surface area (TPSA) is 42.4 Å². The first kappa shape index (κ1) is 19.6. The number of halogens is 1. The van der Waals surface area contributed by atoms with E-state index in [2.05, 4.69) is 0 Å². The van der Waals surface area contributed by atoms with E-state index in [4.69, 9.17) is 9.72 Å². The van der Waals surface area contributed by atoms with E-state index < -0.39 is 0 Å². The minimum absolute atomic E-state index is 0.175. The molecule has 2 aromatic carbocycles. The lowest BCUT2D eigenvalue weighted by Crippen LogP contribution is -2.35. The zero-order valence-corrected chi connectivity index (χ0v) is 17.2. The van der Waals surface area contributed by atoms with E-state index >= 15 is 0 Å². The number of hydrogen-bond acceptors (Lipinski definition) is 4. The first-order valence-electron chi connectivity index (χ1n) is 9.77. The minimum atomic E-state index is -0.230. The fraction of sp³-hybridized carbons (Fsp3) is 0.304. The Balaban J connectivity index is 1.36. The summed E-state index contributed by atoms with van der Waals surface area (Å²) in [5, 5.41) is 0.972. The third kappa shape index (κ3) is 4.65. The number of nitrogens with zero attached hydrogens (tertiary/aromatic N) is 2. The number of rotatable bonds is 6. The number of thiazole rings is 1. The third-order valence-electron chi connectivity index (χ3n) is 5.17. The molecule has 0 saturated carbocycles. The highest BCUT2D eigenvalue weighted by atomic mass is 32.1. The van der Waals surface area contributed by atoms with Gasteiger partial charge in [-0.1, -0.05) is 24.3 Å². The monoisotopic (exact) mass is 410 g/mol. The Bertz CT molecular complexity index is 1000. The van der Waals surface area contributed by atoms with Gasteiger partial charge in [0.05, 0.1) is 19.3 Å². The Morgan fingerprint density at radius 2 is 2.07 bits per heavy atom. The number of aromatic nitrogens is 1. The fourth-order valence-electron chi connectivity index (χ4n) is 3.54. The molecule has 29 heavy (non-hydrogen) atoms. The van der Waals surface area contributed by atoms with E-state index in [1.165, 1.54) is 17.0 Å². The predicted octanol–water partition coefficient (Wildman–Crippen LogP) is 4.87. The van der Waals surface area contributed by atoms with Crippen molar-refractivity contribution < 1.29 is 13.9 Å². The van der Waals surface area contributed by atoms with Gasteiger partial charge in [-0.2, -0.15) is 0 Å². The van der Waals surface area contributed by atoms with E-state index in [0.29, 0.717) is 19.5 Å². The molecule has 0 N–H and O–H groups in total. The van der Waals surface area contributed by atoms with Gasteiger partial charge in [-0.3, -0.25) is 4.79 Å². The van der Waals surface area contributed by atoms with Crippen LogP contribution in [-0.2, 0) is 24.2 Å². The number of carbonyl (C=O) groups is 1. The van der Waals surface area contributed by atoms with Gasteiger partial charge in [0.2, 0.25) is 5.91 Å². The lowest BCUT2D eigenvalue weighted by molar-refractivity contribution is -0.132. The van der Waals surface area contributed by atoms with Gasteiger partial charge in [0.15, 0.2) is 0 Å². The predicted molar refractivity (Wildman–Crippen MR) is 113 cm³/mol. The van der Waals surface area contributed by atoms with Crippen molar-refractivity contribution in [1.29, 1.82) is 0 Å². The Labute approximate surface area is 174 Å². The lowest BCUT2D eigenvalue weighted by Gasteiger charge is -2.26. The van der Waals surface area contributed by atoms with E-state index in [1.807, 2.05) is 29.2 Å². The molecule has 0 aliphatic carbocycles. The molecule has 0 radical (unpaired) electrons. The van der Waals surface area contributed by atoms with Crippen LogP contribution in [0.5, 0.6) is 5.75 Å². The lowest BCUT2D eigenvalue weighted by atomic mass is 10.1. The highest BCUT2D eigenvalue weighted by Crippen LogP contribution is 2.33. The van der Waals surface area contributed by atoms with Crippen molar-refractivity contribution in [3.63, 3.8) is 0 Å². The molecule has 0 bridgehead atoms. The van der Waals surface area contributed by atoms with Crippen molar-refractivity contribution in [3.8, 4) is 16.3 Å². The van der Waals surface area contributed by atoms with E-state index in [9.17, 15) is 9.18 Å². The molecule has 150 valence electrons. The van der Waals surface area contributed by atoms with Crippen LogP contribution < -0.4 is 4.74 Å². The fourth-order valence-corrected chi connectivity index (χ4v) is 4.66. The van der Waals surface area contributed by atoms with Crippen molar-refractivity contribution in [2.45, 2.75) is 32.2 Å². The molecular weight excluding hydrogens is 387 g/mol. The van der Waals surface area contributed by atoms with Crippen LogP contribution in [0.25, 0.3) is 10.6 Å². The van der Waals surface area contributed by atoms with Crippen LogP contribution in [-0.4, -0.2) is 29.4 Å². The average molecular weight is 411 g/mol. The number of methoxy groups -OCH3 is 1. The van der Waals surface area contributed by atoms with Crippen molar-refractivity contribution in [3.05, 3.63) is 70.5 Å². The summed E-state index contributed by atoms with van der Waals surface area (Å²) in [6, 6.07) is 14.4. The molecule has 4 rings (SSSR count). The Kier molecular flexibility index (Phi) is 5.90. The van der Waals surface area contributed by atoms with Crippen molar-refractivity contribution in [2.75, 3.05) is 13.7 Å². The molecule has 2 heterocycles. The quantitative estimate of drug-likeness (QED) is 0.583. The largest absolute Gasteiger partial charge is 0.497 e. The zero-order chi connectivity index (χ0) is 20.2. The molecule has 0 unspecified atom stereocenters. The molecule has 1 amide bonds. The number of fused-ring (bicyclic) bond motifs is 1. The maximum atomic E-state index is 13.0. The number of hydrogen-bond donors (Lipinski definition) is 0. The number of benzene rings is 2. The van der Waals surface area contributed by atoms with Gasteiger partial charge >= 0.3 is 0 Å². The summed E-state index contributed by atoms with van der Waals surface area (Å²) in [4.78, 5) is 20.5. The Morgan fingerprint density at radius 1 is 1.24 bits per heavy atom. The molecule has 4 nitrogen and oxygen atoms in total. The van der Waals surface area contributed by atoms with Crippen molar-refractivity contribution >= 4 is 17.2 Å². The molecule has 3 aromatic rings. The molecule has 1 aliphatic rings. The number of amides is 1. The van der Waals surface area contributed by atoms with Crippen LogP contribution >= 0.6 is 11.3 Å². The second-order valence-electron chi connectivity index (χ2n) is 7.17. The van der Waals surface area contributed by atoms with E-state index in [0.717, 1.165) is 46.8 Å². The standard InChI is InChI=1S/C23H23FN2O2S/c1-28-19-6-3-5-17(14-19)23-25-20-12-13-26(15-21(20)29-23)22(27)7-2-4-16-8-10-18(24)11-9-16/h3,5-6,8-11,14H,2,4,7,12-13,15H2,1H3. The maximum absolute atomic E-state index is 13.0. The molecule has 6 heteroatoms. The Hall–Kier alpha value is -2.73. The van der Waals surface area contributed by atoms with Gasteiger partial charge in [0.25, 0.3) is 0 Å². The maximum Gasteiger partial charge on any atom is 0.222 e. The summed E-state index contributed by atoms with van der Waals surface area (Å²) in [7, 11) is 1.66. The van der Waals surface area contributed by atoms with Gasteiger partial charge in [-0.15, -0.1) is 11.3 Å². The van der Waals surface area contributed by atoms with Gasteiger partial charge in [-0.05, 0) is 42.7 Å². The summed E-state index contributed by atoms with van der Waals surface area (Å²) in [6.45, 7) is 1.34. The average Bonchev–Trinajstić information content (AvgIpc) is 3.18. The zero-order valence-electron chi connectivity index (χ0n) is 16.4. The smallest absolute Gasteiger partial charge is 0.222 e. The first-order chi connectivity index (χ1) is 14.1. The van der Waals surface area contributed by atoms with Crippen molar-refractivity contribution in [2.24, 2.45) is 0 Å². The van der Waals surface area contributed by atoms with Crippen LogP contribution in [0, 0.1) is 5.82 Å². The molecular formula is C23H23FN2O2S. The first-order valence-corrected chi connectivity index (χ1v) is 10.6. The SMILES string of the molecule is COc1cccc(-c2nc3c(s2)CN(C(=O)CCCc2ccc(F)cc2)CC3)c1. The molecule has 0 atom stereocenters. The molecule has 0 saturated heterocycles. The van der Waals surface area contributed by atoms with Crippen LogP contribution in [0.1, 0.15) is 29.0 Å². The number of carbonyl (C=O) groups excluding carboxylic acids is 1. The third-order valence-corrected chi connectivity index (χ3v) is 6.30. The van der Waals surface area contributed by atoms with Gasteiger partial charge in [0, 0.05) is 29.8 Å². The summed E-state index contributed by atoms with van der Waals surface area (Å²) < 4.78 is 18.3. The minimum Gasteiger partial charge on any atom is -0.497 e. The van der Waals surface area contributed by atoms with Crippen LogP contribution in [0.2, 0.25) is 0 Å². The highest BCUT2D eigenvalue weighted by Gasteiger charge is 2.24. The van der Waals surface area contributed by atoms with Gasteiger partial charge < -0.3 is 9.64 Å². The highest BCUT2D eigenvalue weighted by molar-refractivity contribution is 7.15. The van der Waals surface area contributed by atoms with Crippen LogP contribution in [0.15, 0.2) is 48.5 Å². The second-order valence-corrected chi connectivity index (χ2v) is 8.25.